The zero-order chi connectivity index (χ0) is 11.0. The Bertz CT molecular complexity index is 217. The summed E-state index contributed by atoms with van der Waals surface area (Å²) in [5, 5.41) is 3.52. The fourth-order valence-electron chi connectivity index (χ4n) is 2.50. The summed E-state index contributed by atoms with van der Waals surface area (Å²) >= 11 is 0. The summed E-state index contributed by atoms with van der Waals surface area (Å²) in [6.07, 6.45) is 1.68. The van der Waals surface area contributed by atoms with E-state index in [-0.39, 0.29) is 17.2 Å². The van der Waals surface area contributed by atoms with Gasteiger partial charge in [-0.3, -0.25) is 4.79 Å². The molecular weight excluding hydrogens is 178 g/mol. The van der Waals surface area contributed by atoms with Crippen LogP contribution in [0.15, 0.2) is 0 Å². The minimum absolute atomic E-state index is 0.00810. The molecule has 14 heavy (non-hydrogen) atoms. The van der Waals surface area contributed by atoms with Crippen molar-refractivity contribution in [3.8, 4) is 0 Å². The maximum atomic E-state index is 10.8. The van der Waals surface area contributed by atoms with E-state index in [1.165, 1.54) is 0 Å². The van der Waals surface area contributed by atoms with Crippen molar-refractivity contribution < 1.29 is 9.53 Å². The van der Waals surface area contributed by atoms with E-state index in [9.17, 15) is 4.79 Å². The van der Waals surface area contributed by atoms with Crippen molar-refractivity contribution >= 4 is 5.97 Å². The van der Waals surface area contributed by atoms with Gasteiger partial charge < -0.3 is 10.1 Å². The molecule has 0 spiro atoms. The molecule has 0 saturated carbocycles. The second kappa shape index (κ2) is 3.54. The van der Waals surface area contributed by atoms with E-state index >= 15 is 0 Å². The molecule has 1 fully saturated rings. The van der Waals surface area contributed by atoms with Crippen LogP contribution in [-0.4, -0.2) is 23.2 Å². The lowest BCUT2D eigenvalue weighted by molar-refractivity contribution is -0.147. The van der Waals surface area contributed by atoms with Gasteiger partial charge in [-0.05, 0) is 27.7 Å². The van der Waals surface area contributed by atoms with Crippen molar-refractivity contribution in [1.29, 1.82) is 0 Å². The van der Waals surface area contributed by atoms with Crippen LogP contribution in [0.25, 0.3) is 0 Å². The minimum atomic E-state index is -0.427. The summed E-state index contributed by atoms with van der Waals surface area (Å²) in [4.78, 5) is 10.8. The normalized spacial score (nSPS) is 25.8. The van der Waals surface area contributed by atoms with E-state index in [1.807, 2.05) is 0 Å². The first-order valence-electron chi connectivity index (χ1n) is 5.02. The van der Waals surface area contributed by atoms with E-state index < -0.39 is 5.97 Å². The summed E-state index contributed by atoms with van der Waals surface area (Å²) in [5.41, 5.74) is 0.0315. The molecule has 0 bridgehead atoms. The number of nitrogens with one attached hydrogen (secondary N) is 1. The van der Waals surface area contributed by atoms with Crippen molar-refractivity contribution in [1.82, 2.24) is 5.32 Å². The molecule has 0 atom stereocenters. The monoisotopic (exact) mass is 198 g/mol. The average Bonchev–Trinajstić information content (AvgIpc) is 1.74. The standard InChI is InChI=1S/C11H20NO2/c1-8(13)14-9-6-10(2,3)12-11(4,5)7-9/h9,12H,1,6-7H2,2-5H3. The SMILES string of the molecule is [CH2]C(=O)OC1CC(C)(C)NC(C)(C)C1. The van der Waals surface area contributed by atoms with Crippen molar-refractivity contribution in [2.24, 2.45) is 0 Å². The van der Waals surface area contributed by atoms with Gasteiger partial charge in [0.25, 0.3) is 0 Å². The molecule has 0 unspecified atom stereocenters. The third kappa shape index (κ3) is 3.29. The van der Waals surface area contributed by atoms with Crippen LogP contribution in [0, 0.1) is 6.92 Å². The van der Waals surface area contributed by atoms with Gasteiger partial charge in [-0.25, -0.2) is 0 Å². The van der Waals surface area contributed by atoms with E-state index in [2.05, 4.69) is 39.9 Å². The molecule has 1 N–H and O–H groups in total. The van der Waals surface area contributed by atoms with Crippen molar-refractivity contribution in [2.45, 2.75) is 57.7 Å². The molecule has 0 aromatic rings. The molecule has 3 heteroatoms. The average molecular weight is 198 g/mol. The molecule has 1 rings (SSSR count). The molecular formula is C11H20NO2. The van der Waals surface area contributed by atoms with Gasteiger partial charge in [0, 0.05) is 23.9 Å². The van der Waals surface area contributed by atoms with Crippen LogP contribution in [0.1, 0.15) is 40.5 Å². The fraction of sp³-hybridized carbons (Fsp3) is 0.818. The zero-order valence-corrected chi connectivity index (χ0v) is 9.52. The van der Waals surface area contributed by atoms with Crippen LogP contribution in [0.4, 0.5) is 0 Å². The second-order valence-electron chi connectivity index (χ2n) is 5.41. The highest BCUT2D eigenvalue weighted by Gasteiger charge is 2.38. The highest BCUT2D eigenvalue weighted by molar-refractivity contribution is 5.73. The van der Waals surface area contributed by atoms with Gasteiger partial charge in [0.2, 0.25) is 0 Å². The highest BCUT2D eigenvalue weighted by Crippen LogP contribution is 2.30. The number of hydrogen-bond acceptors (Lipinski definition) is 3. The Labute approximate surface area is 86.2 Å². The molecule has 0 aromatic heterocycles. The molecule has 1 aliphatic heterocycles. The number of ether oxygens (including phenoxy) is 1. The summed E-state index contributed by atoms with van der Waals surface area (Å²) in [7, 11) is 0. The number of carbonyl (C=O) groups excluding carboxylic acids is 1. The molecule has 0 amide bonds. The Morgan fingerprint density at radius 1 is 1.29 bits per heavy atom. The van der Waals surface area contributed by atoms with Crippen LogP contribution in [0.5, 0.6) is 0 Å². The summed E-state index contributed by atoms with van der Waals surface area (Å²) in [5.74, 6) is -0.427. The van der Waals surface area contributed by atoms with Gasteiger partial charge in [-0.2, -0.15) is 0 Å². The second-order valence-corrected chi connectivity index (χ2v) is 5.41. The van der Waals surface area contributed by atoms with E-state index in [1.54, 1.807) is 0 Å². The van der Waals surface area contributed by atoms with E-state index in [0.717, 1.165) is 12.8 Å². The molecule has 1 aliphatic rings. The Kier molecular flexibility index (Phi) is 2.91. The Balaban J connectivity index is 2.66. The lowest BCUT2D eigenvalue weighted by atomic mass is 9.81. The Morgan fingerprint density at radius 3 is 2.07 bits per heavy atom. The van der Waals surface area contributed by atoms with Crippen molar-refractivity contribution in [2.75, 3.05) is 0 Å². The van der Waals surface area contributed by atoms with Crippen molar-refractivity contribution in [3.63, 3.8) is 0 Å². The molecule has 81 valence electrons. The van der Waals surface area contributed by atoms with Crippen LogP contribution in [0.2, 0.25) is 0 Å². The van der Waals surface area contributed by atoms with Gasteiger partial charge in [-0.15, -0.1) is 0 Å². The predicted octanol–water partition coefficient (Wildman–Crippen LogP) is 1.67. The number of rotatable bonds is 1. The lowest BCUT2D eigenvalue weighted by Crippen LogP contribution is -2.59. The summed E-state index contributed by atoms with van der Waals surface area (Å²) in [6.45, 7) is 11.7. The molecule has 1 radical (unpaired) electrons. The largest absolute Gasteiger partial charge is 0.462 e. The number of esters is 1. The number of carbonyl (C=O) groups is 1. The summed E-state index contributed by atoms with van der Waals surface area (Å²) < 4.78 is 5.17. The maximum Gasteiger partial charge on any atom is 0.306 e. The minimum Gasteiger partial charge on any atom is -0.462 e. The van der Waals surface area contributed by atoms with Gasteiger partial charge >= 0.3 is 5.97 Å². The van der Waals surface area contributed by atoms with Crippen LogP contribution in [-0.2, 0) is 9.53 Å². The quantitative estimate of drug-likeness (QED) is 0.651. The van der Waals surface area contributed by atoms with Crippen LogP contribution in [0.3, 0.4) is 0 Å². The van der Waals surface area contributed by atoms with E-state index in [0.29, 0.717) is 0 Å². The predicted molar refractivity (Wildman–Crippen MR) is 55.8 cm³/mol. The first kappa shape index (κ1) is 11.5. The molecule has 1 saturated heterocycles. The van der Waals surface area contributed by atoms with Crippen LogP contribution < -0.4 is 5.32 Å². The summed E-state index contributed by atoms with van der Waals surface area (Å²) in [6, 6.07) is 0. The Morgan fingerprint density at radius 2 is 1.71 bits per heavy atom. The Hall–Kier alpha value is -0.570. The van der Waals surface area contributed by atoms with Gasteiger partial charge in [-0.1, -0.05) is 0 Å². The fourth-order valence-corrected chi connectivity index (χ4v) is 2.50. The van der Waals surface area contributed by atoms with Gasteiger partial charge in [0.05, 0.1) is 6.92 Å². The highest BCUT2D eigenvalue weighted by atomic mass is 16.5. The lowest BCUT2D eigenvalue weighted by Gasteiger charge is -2.45. The first-order chi connectivity index (χ1) is 6.20. The third-order valence-corrected chi connectivity index (χ3v) is 2.45. The molecule has 0 aliphatic carbocycles. The maximum absolute atomic E-state index is 10.8. The van der Waals surface area contributed by atoms with Gasteiger partial charge in [0.1, 0.15) is 6.10 Å². The van der Waals surface area contributed by atoms with E-state index in [4.69, 9.17) is 4.74 Å². The zero-order valence-electron chi connectivity index (χ0n) is 9.52. The van der Waals surface area contributed by atoms with Crippen LogP contribution >= 0.6 is 0 Å². The van der Waals surface area contributed by atoms with Crippen molar-refractivity contribution in [3.05, 3.63) is 6.92 Å². The molecule has 1 heterocycles. The first-order valence-corrected chi connectivity index (χ1v) is 5.02. The molecule has 3 nitrogen and oxygen atoms in total. The molecule has 0 aromatic carbocycles. The smallest absolute Gasteiger partial charge is 0.306 e. The number of piperidine rings is 1. The van der Waals surface area contributed by atoms with Gasteiger partial charge in [0.15, 0.2) is 0 Å². The third-order valence-electron chi connectivity index (χ3n) is 2.45. The number of hydrogen-bond donors (Lipinski definition) is 1. The topological polar surface area (TPSA) is 38.3 Å².